The van der Waals surface area contributed by atoms with Crippen molar-refractivity contribution in [2.45, 2.75) is 44.9 Å². The van der Waals surface area contributed by atoms with Gasteiger partial charge in [-0.25, -0.2) is 0 Å². The number of ether oxygens (including phenoxy) is 1. The first kappa shape index (κ1) is 13.4. The number of morpholine rings is 1. The number of nitrogens with zero attached hydrogens (tertiary/aromatic N) is 1. The highest BCUT2D eigenvalue weighted by Crippen LogP contribution is 2.13. The van der Waals surface area contributed by atoms with Crippen LogP contribution < -0.4 is 5.73 Å². The van der Waals surface area contributed by atoms with Gasteiger partial charge in [-0.15, -0.1) is 0 Å². The third kappa shape index (κ3) is 3.17. The van der Waals surface area contributed by atoms with Crippen LogP contribution in [0, 0.1) is 0 Å². The fraction of sp³-hybridized carbons (Fsp3) is 0.909. The zero-order valence-corrected chi connectivity index (χ0v) is 10.1. The molecule has 5 nitrogen and oxygen atoms in total. The Labute approximate surface area is 96.6 Å². The Morgan fingerprint density at radius 3 is 2.94 bits per heavy atom. The highest BCUT2D eigenvalue weighted by Gasteiger charge is 2.31. The summed E-state index contributed by atoms with van der Waals surface area (Å²) in [6.07, 6.45) is 1.33. The molecule has 0 aliphatic carbocycles. The van der Waals surface area contributed by atoms with E-state index in [0.29, 0.717) is 19.6 Å². The van der Waals surface area contributed by atoms with Gasteiger partial charge in [-0.05, 0) is 13.3 Å². The topological polar surface area (TPSA) is 75.8 Å². The highest BCUT2D eigenvalue weighted by molar-refractivity contribution is 5.82. The molecule has 0 aromatic carbocycles. The number of carbonyl (C=O) groups excluding carboxylic acids is 1. The van der Waals surface area contributed by atoms with E-state index in [1.54, 1.807) is 4.90 Å². The normalized spacial score (nSPS) is 27.9. The first-order valence-corrected chi connectivity index (χ1v) is 5.88. The predicted octanol–water partition coefficient (Wildman–Crippen LogP) is -0.278. The lowest BCUT2D eigenvalue weighted by molar-refractivity contribution is -0.147. The molecule has 1 saturated heterocycles. The van der Waals surface area contributed by atoms with Crippen molar-refractivity contribution in [1.82, 2.24) is 4.90 Å². The van der Waals surface area contributed by atoms with Gasteiger partial charge < -0.3 is 20.5 Å². The van der Waals surface area contributed by atoms with E-state index in [2.05, 4.69) is 0 Å². The van der Waals surface area contributed by atoms with Crippen LogP contribution in [-0.2, 0) is 9.53 Å². The second-order valence-corrected chi connectivity index (χ2v) is 4.37. The summed E-state index contributed by atoms with van der Waals surface area (Å²) in [5, 5.41) is 9.02. The summed E-state index contributed by atoms with van der Waals surface area (Å²) >= 11 is 0. The SMILES string of the molecule is CCCC(N)C(=O)N1CC(CO)OCC1C. The van der Waals surface area contributed by atoms with E-state index < -0.39 is 6.04 Å². The number of carbonyl (C=O) groups is 1. The molecule has 1 aliphatic rings. The van der Waals surface area contributed by atoms with E-state index >= 15 is 0 Å². The van der Waals surface area contributed by atoms with Gasteiger partial charge in [-0.1, -0.05) is 13.3 Å². The van der Waals surface area contributed by atoms with E-state index in [4.69, 9.17) is 15.6 Å². The lowest BCUT2D eigenvalue weighted by Gasteiger charge is -2.38. The molecule has 1 heterocycles. The largest absolute Gasteiger partial charge is 0.394 e. The average molecular weight is 230 g/mol. The van der Waals surface area contributed by atoms with Crippen molar-refractivity contribution in [3.05, 3.63) is 0 Å². The molecule has 1 fully saturated rings. The van der Waals surface area contributed by atoms with Crippen molar-refractivity contribution in [2.24, 2.45) is 5.73 Å². The Balaban J connectivity index is 2.58. The van der Waals surface area contributed by atoms with Crippen LogP contribution in [0.4, 0.5) is 0 Å². The van der Waals surface area contributed by atoms with E-state index in [0.717, 1.165) is 6.42 Å². The van der Waals surface area contributed by atoms with Gasteiger partial charge >= 0.3 is 0 Å². The van der Waals surface area contributed by atoms with Gasteiger partial charge in [0.25, 0.3) is 0 Å². The third-order valence-electron chi connectivity index (χ3n) is 2.91. The van der Waals surface area contributed by atoms with Crippen LogP contribution in [0.3, 0.4) is 0 Å². The van der Waals surface area contributed by atoms with Crippen molar-refractivity contribution in [1.29, 1.82) is 0 Å². The Kier molecular flexibility index (Phi) is 5.18. The average Bonchev–Trinajstić information content (AvgIpc) is 2.29. The van der Waals surface area contributed by atoms with Crippen LogP contribution in [0.5, 0.6) is 0 Å². The second-order valence-electron chi connectivity index (χ2n) is 4.37. The van der Waals surface area contributed by atoms with Crippen LogP contribution in [0.2, 0.25) is 0 Å². The zero-order chi connectivity index (χ0) is 12.1. The Morgan fingerprint density at radius 2 is 2.38 bits per heavy atom. The van der Waals surface area contributed by atoms with Gasteiger partial charge in [0.1, 0.15) is 0 Å². The first-order chi connectivity index (χ1) is 7.60. The fourth-order valence-electron chi connectivity index (χ4n) is 1.88. The second kappa shape index (κ2) is 6.18. The number of hydrogen-bond donors (Lipinski definition) is 2. The highest BCUT2D eigenvalue weighted by atomic mass is 16.5. The van der Waals surface area contributed by atoms with Crippen LogP contribution in [0.25, 0.3) is 0 Å². The molecule has 94 valence electrons. The zero-order valence-electron chi connectivity index (χ0n) is 10.1. The third-order valence-corrected chi connectivity index (χ3v) is 2.91. The standard InChI is InChI=1S/C11H22N2O3/c1-3-4-10(12)11(15)13-5-9(6-14)16-7-8(13)2/h8-10,14H,3-7,12H2,1-2H3. The summed E-state index contributed by atoms with van der Waals surface area (Å²) in [6, 6.07) is -0.386. The van der Waals surface area contributed by atoms with E-state index in [-0.39, 0.29) is 24.7 Å². The van der Waals surface area contributed by atoms with Crippen LogP contribution >= 0.6 is 0 Å². The minimum atomic E-state index is -0.426. The molecular weight excluding hydrogens is 208 g/mol. The lowest BCUT2D eigenvalue weighted by atomic mass is 10.1. The molecule has 3 unspecified atom stereocenters. The van der Waals surface area contributed by atoms with Crippen LogP contribution in [-0.4, -0.2) is 53.9 Å². The molecule has 0 spiro atoms. The van der Waals surface area contributed by atoms with Crippen LogP contribution in [0.15, 0.2) is 0 Å². The van der Waals surface area contributed by atoms with E-state index in [9.17, 15) is 4.79 Å². The number of hydrogen-bond acceptors (Lipinski definition) is 4. The molecule has 0 aromatic rings. The summed E-state index contributed by atoms with van der Waals surface area (Å²) in [6.45, 7) is 4.79. The van der Waals surface area contributed by atoms with E-state index in [1.165, 1.54) is 0 Å². The first-order valence-electron chi connectivity index (χ1n) is 5.88. The molecule has 1 rings (SSSR count). The quantitative estimate of drug-likeness (QED) is 0.696. The van der Waals surface area contributed by atoms with Crippen molar-refractivity contribution < 1.29 is 14.6 Å². The van der Waals surface area contributed by atoms with Crippen molar-refractivity contribution in [3.8, 4) is 0 Å². The Morgan fingerprint density at radius 1 is 1.69 bits per heavy atom. The molecule has 5 heteroatoms. The predicted molar refractivity (Wildman–Crippen MR) is 60.9 cm³/mol. The molecule has 1 aliphatic heterocycles. The van der Waals surface area contributed by atoms with Crippen molar-refractivity contribution >= 4 is 5.91 Å². The lowest BCUT2D eigenvalue weighted by Crippen LogP contribution is -2.56. The summed E-state index contributed by atoms with van der Waals surface area (Å²) in [5.41, 5.74) is 5.81. The number of nitrogens with two attached hydrogens (primary N) is 1. The summed E-state index contributed by atoms with van der Waals surface area (Å²) in [5.74, 6) is -0.0314. The monoisotopic (exact) mass is 230 g/mol. The van der Waals surface area contributed by atoms with Gasteiger partial charge in [0, 0.05) is 6.54 Å². The van der Waals surface area contributed by atoms with Crippen molar-refractivity contribution in [3.63, 3.8) is 0 Å². The molecular formula is C11H22N2O3. The molecule has 3 N–H and O–H groups in total. The molecule has 0 saturated carbocycles. The van der Waals surface area contributed by atoms with Gasteiger partial charge in [0.05, 0.1) is 31.4 Å². The van der Waals surface area contributed by atoms with Gasteiger partial charge in [0.15, 0.2) is 0 Å². The summed E-state index contributed by atoms with van der Waals surface area (Å²) in [4.78, 5) is 13.8. The number of amides is 1. The minimum absolute atomic E-state index is 0.0314. The Bertz CT molecular complexity index is 235. The van der Waals surface area contributed by atoms with Gasteiger partial charge in [0.2, 0.25) is 5.91 Å². The molecule has 1 amide bonds. The smallest absolute Gasteiger partial charge is 0.239 e. The molecule has 0 aromatic heterocycles. The number of rotatable bonds is 4. The number of aliphatic hydroxyl groups excluding tert-OH is 1. The molecule has 16 heavy (non-hydrogen) atoms. The molecule has 0 radical (unpaired) electrons. The van der Waals surface area contributed by atoms with Gasteiger partial charge in [-0.3, -0.25) is 4.79 Å². The minimum Gasteiger partial charge on any atom is -0.394 e. The number of aliphatic hydroxyl groups is 1. The fourth-order valence-corrected chi connectivity index (χ4v) is 1.88. The maximum atomic E-state index is 12.0. The summed E-state index contributed by atoms with van der Waals surface area (Å²) in [7, 11) is 0. The van der Waals surface area contributed by atoms with Crippen LogP contribution in [0.1, 0.15) is 26.7 Å². The maximum Gasteiger partial charge on any atom is 0.239 e. The van der Waals surface area contributed by atoms with Crippen molar-refractivity contribution in [2.75, 3.05) is 19.8 Å². The van der Waals surface area contributed by atoms with Gasteiger partial charge in [-0.2, -0.15) is 0 Å². The summed E-state index contributed by atoms with van der Waals surface area (Å²) < 4.78 is 5.37. The molecule has 3 atom stereocenters. The molecule has 0 bridgehead atoms. The van der Waals surface area contributed by atoms with E-state index in [1.807, 2.05) is 13.8 Å². The maximum absolute atomic E-state index is 12.0. The Hall–Kier alpha value is -0.650.